The molecular weight excluding hydrogens is 483 g/mol. The smallest absolute Gasteiger partial charge is 0.408 e. The zero-order valence-electron chi connectivity index (χ0n) is 19.0. The molecule has 0 unspecified atom stereocenters. The zero-order valence-corrected chi connectivity index (χ0v) is 21.3. The van der Waals surface area contributed by atoms with Crippen LogP contribution < -0.4 is 16.0 Å². The maximum absolute atomic E-state index is 12.2. The van der Waals surface area contributed by atoms with Crippen molar-refractivity contribution in [1.82, 2.24) is 25.7 Å². The predicted octanol–water partition coefficient (Wildman–Crippen LogP) is 3.22. The van der Waals surface area contributed by atoms with Gasteiger partial charge in [0.25, 0.3) is 0 Å². The topological polar surface area (TPSA) is 92.6 Å². The van der Waals surface area contributed by atoms with Crippen molar-refractivity contribution in [1.29, 1.82) is 0 Å². The van der Waals surface area contributed by atoms with Crippen LogP contribution in [0.4, 0.5) is 4.79 Å². The van der Waals surface area contributed by atoms with E-state index in [1.807, 2.05) is 44.9 Å². The molecule has 0 aliphatic heterocycles. The summed E-state index contributed by atoms with van der Waals surface area (Å²) in [6.07, 6.45) is 7.05. The largest absolute Gasteiger partial charge is 0.444 e. The maximum atomic E-state index is 12.2. The van der Waals surface area contributed by atoms with Crippen LogP contribution in [0.25, 0.3) is 0 Å². The van der Waals surface area contributed by atoms with Crippen molar-refractivity contribution in [2.45, 2.75) is 71.4 Å². The summed E-state index contributed by atoms with van der Waals surface area (Å²) in [5, 5.41) is 13.9. The third-order valence-corrected chi connectivity index (χ3v) is 4.63. The van der Waals surface area contributed by atoms with Gasteiger partial charge in [0.2, 0.25) is 0 Å². The number of nitrogens with zero attached hydrogens (tertiary/aromatic N) is 3. The van der Waals surface area contributed by atoms with Crippen molar-refractivity contribution in [3.63, 3.8) is 0 Å². The summed E-state index contributed by atoms with van der Waals surface area (Å²) in [5.74, 6) is 0.725. The van der Waals surface area contributed by atoms with E-state index < -0.39 is 17.2 Å². The van der Waals surface area contributed by atoms with E-state index >= 15 is 0 Å². The Morgan fingerprint density at radius 1 is 1.24 bits per heavy atom. The third kappa shape index (κ3) is 10.7. The molecule has 168 valence electrons. The third-order valence-electron chi connectivity index (χ3n) is 4.63. The lowest BCUT2D eigenvalue weighted by Crippen LogP contribution is -2.57. The van der Waals surface area contributed by atoms with Crippen molar-refractivity contribution in [2.24, 2.45) is 12.0 Å². The average Bonchev–Trinajstić information content (AvgIpc) is 3.03. The predicted molar refractivity (Wildman–Crippen MR) is 129 cm³/mol. The van der Waals surface area contributed by atoms with E-state index in [0.717, 1.165) is 38.2 Å². The molecule has 0 saturated carbocycles. The maximum Gasteiger partial charge on any atom is 0.408 e. The molecule has 0 spiro atoms. The highest BCUT2D eigenvalue weighted by atomic mass is 127. The Bertz CT molecular complexity index is 635. The van der Waals surface area contributed by atoms with Crippen LogP contribution in [-0.4, -0.2) is 53.1 Å². The molecule has 3 N–H and O–H groups in total. The molecule has 1 aromatic heterocycles. The molecule has 0 saturated heterocycles. The van der Waals surface area contributed by atoms with Crippen molar-refractivity contribution >= 4 is 36.0 Å². The van der Waals surface area contributed by atoms with Crippen LogP contribution in [-0.2, 0) is 18.2 Å². The number of amides is 1. The normalized spacial score (nSPS) is 12.2. The quantitative estimate of drug-likeness (QED) is 0.201. The number of hydrogen-bond acceptors (Lipinski definition) is 4. The first-order valence-electron chi connectivity index (χ1n) is 10.1. The molecule has 29 heavy (non-hydrogen) atoms. The van der Waals surface area contributed by atoms with E-state index in [2.05, 4.69) is 39.9 Å². The van der Waals surface area contributed by atoms with E-state index in [1.165, 1.54) is 5.56 Å². The monoisotopic (exact) mass is 522 g/mol. The van der Waals surface area contributed by atoms with Crippen LogP contribution in [0, 0.1) is 0 Å². The van der Waals surface area contributed by atoms with E-state index in [4.69, 9.17) is 4.74 Å². The fourth-order valence-electron chi connectivity index (χ4n) is 2.81. The molecular formula is C20H39IN6O2. The summed E-state index contributed by atoms with van der Waals surface area (Å²) >= 11 is 0. The SMILES string of the molecule is CCC(CC)(CNC(=NC)NCCCc1cnn(C)c1)NC(=O)OC(C)(C)C.I. The van der Waals surface area contributed by atoms with Gasteiger partial charge < -0.3 is 20.7 Å². The van der Waals surface area contributed by atoms with Gasteiger partial charge in [0.05, 0.1) is 11.7 Å². The van der Waals surface area contributed by atoms with Gasteiger partial charge in [0.15, 0.2) is 5.96 Å². The van der Waals surface area contributed by atoms with Gasteiger partial charge in [-0.05, 0) is 52.0 Å². The standard InChI is InChI=1S/C20H38N6O2.HI/c1-8-20(9-2,25-18(27)28-19(3,4)5)15-23-17(21-6)22-12-10-11-16-13-24-26(7)14-16;/h13-14H,8-12,15H2,1-7H3,(H,25,27)(H2,21,22,23);1H. The Labute approximate surface area is 192 Å². The highest BCUT2D eigenvalue weighted by Gasteiger charge is 2.30. The van der Waals surface area contributed by atoms with Gasteiger partial charge in [0.1, 0.15) is 5.60 Å². The summed E-state index contributed by atoms with van der Waals surface area (Å²) in [4.78, 5) is 16.5. The number of aryl methyl sites for hydroxylation is 2. The van der Waals surface area contributed by atoms with Gasteiger partial charge in [0, 0.05) is 33.4 Å². The number of ether oxygens (including phenoxy) is 1. The number of carbonyl (C=O) groups excluding carboxylic acids is 1. The van der Waals surface area contributed by atoms with Crippen molar-refractivity contribution < 1.29 is 9.53 Å². The molecule has 0 aliphatic rings. The lowest BCUT2D eigenvalue weighted by atomic mass is 9.93. The van der Waals surface area contributed by atoms with Crippen LogP contribution in [0.3, 0.4) is 0 Å². The second kappa shape index (κ2) is 12.9. The molecule has 9 heteroatoms. The van der Waals surface area contributed by atoms with Crippen LogP contribution in [0.1, 0.15) is 59.4 Å². The average molecular weight is 522 g/mol. The van der Waals surface area contributed by atoms with Gasteiger partial charge in [-0.15, -0.1) is 24.0 Å². The van der Waals surface area contributed by atoms with Crippen molar-refractivity contribution in [3.8, 4) is 0 Å². The Balaban J connectivity index is 0.00000784. The number of nitrogens with one attached hydrogen (secondary N) is 3. The molecule has 0 atom stereocenters. The van der Waals surface area contributed by atoms with E-state index in [-0.39, 0.29) is 24.0 Å². The Morgan fingerprint density at radius 2 is 1.90 bits per heavy atom. The number of rotatable bonds is 9. The minimum absolute atomic E-state index is 0. The highest BCUT2D eigenvalue weighted by molar-refractivity contribution is 14.0. The fraction of sp³-hybridized carbons (Fsp3) is 0.750. The van der Waals surface area contributed by atoms with Crippen LogP contribution >= 0.6 is 24.0 Å². The van der Waals surface area contributed by atoms with Crippen molar-refractivity contribution in [3.05, 3.63) is 18.0 Å². The molecule has 0 aliphatic carbocycles. The molecule has 0 aromatic carbocycles. The molecule has 0 radical (unpaired) electrons. The lowest BCUT2D eigenvalue weighted by Gasteiger charge is -2.34. The van der Waals surface area contributed by atoms with Crippen LogP contribution in [0.2, 0.25) is 0 Å². The van der Waals surface area contributed by atoms with E-state index in [1.54, 1.807) is 7.05 Å². The molecule has 1 rings (SSSR count). The Kier molecular flexibility index (Phi) is 12.2. The molecule has 1 amide bonds. The minimum atomic E-state index is -0.517. The van der Waals surface area contributed by atoms with Gasteiger partial charge in [-0.25, -0.2) is 4.79 Å². The number of guanidine groups is 1. The number of hydrogen-bond donors (Lipinski definition) is 3. The first-order valence-corrected chi connectivity index (χ1v) is 10.1. The fourth-order valence-corrected chi connectivity index (χ4v) is 2.81. The Morgan fingerprint density at radius 3 is 2.38 bits per heavy atom. The number of halogens is 1. The summed E-state index contributed by atoms with van der Waals surface area (Å²) in [7, 11) is 3.67. The highest BCUT2D eigenvalue weighted by Crippen LogP contribution is 2.16. The van der Waals surface area contributed by atoms with Crippen LogP contribution in [0.15, 0.2) is 17.4 Å². The van der Waals surface area contributed by atoms with Gasteiger partial charge in [-0.1, -0.05) is 13.8 Å². The van der Waals surface area contributed by atoms with Crippen LogP contribution in [0.5, 0.6) is 0 Å². The first-order chi connectivity index (χ1) is 13.1. The zero-order chi connectivity index (χ0) is 21.2. The number of carbonyl (C=O) groups is 1. The molecule has 0 fully saturated rings. The van der Waals surface area contributed by atoms with Gasteiger partial charge >= 0.3 is 6.09 Å². The van der Waals surface area contributed by atoms with Gasteiger partial charge in [-0.2, -0.15) is 5.10 Å². The number of aromatic nitrogens is 2. The molecule has 1 heterocycles. The molecule has 0 bridgehead atoms. The summed E-state index contributed by atoms with van der Waals surface area (Å²) in [6.45, 7) is 11.1. The summed E-state index contributed by atoms with van der Waals surface area (Å²) in [5.41, 5.74) is 0.316. The first kappa shape index (κ1) is 27.5. The van der Waals surface area contributed by atoms with E-state index in [9.17, 15) is 4.79 Å². The molecule has 8 nitrogen and oxygen atoms in total. The van der Waals surface area contributed by atoms with E-state index in [0.29, 0.717) is 6.54 Å². The number of aliphatic imine (C=N–C) groups is 1. The summed E-state index contributed by atoms with van der Waals surface area (Å²) in [6, 6.07) is 0. The lowest BCUT2D eigenvalue weighted by molar-refractivity contribution is 0.0448. The van der Waals surface area contributed by atoms with Crippen molar-refractivity contribution in [2.75, 3.05) is 20.1 Å². The number of alkyl carbamates (subject to hydrolysis) is 1. The molecule has 1 aromatic rings. The minimum Gasteiger partial charge on any atom is -0.444 e. The second-order valence-electron chi connectivity index (χ2n) is 8.09. The second-order valence-corrected chi connectivity index (χ2v) is 8.09. The Hall–Kier alpha value is -1.52. The summed E-state index contributed by atoms with van der Waals surface area (Å²) < 4.78 is 7.24. The van der Waals surface area contributed by atoms with Gasteiger partial charge in [-0.3, -0.25) is 9.67 Å².